The molecule has 0 spiro atoms. The van der Waals surface area contributed by atoms with Gasteiger partial charge in [0, 0.05) is 30.3 Å². The van der Waals surface area contributed by atoms with Crippen LogP contribution in [0.15, 0.2) is 30.3 Å². The Bertz CT molecular complexity index is 1060. The van der Waals surface area contributed by atoms with Crippen molar-refractivity contribution in [1.29, 1.82) is 0 Å². The molecule has 166 valence electrons. The van der Waals surface area contributed by atoms with Crippen molar-refractivity contribution < 1.29 is 18.0 Å². The number of aryl methyl sites for hydroxylation is 2. The predicted octanol–water partition coefficient (Wildman–Crippen LogP) is 4.25. The van der Waals surface area contributed by atoms with Crippen LogP contribution in [0.4, 0.5) is 13.2 Å². The molecule has 1 aromatic carbocycles. The summed E-state index contributed by atoms with van der Waals surface area (Å²) < 4.78 is 39.9. The minimum absolute atomic E-state index is 0.0989. The summed E-state index contributed by atoms with van der Waals surface area (Å²) in [5.41, 5.74) is 2.92. The number of fused-ring (bicyclic) bond motifs is 1. The number of amides is 1. The molecule has 0 aliphatic rings. The fraction of sp³-hybridized carbons (Fsp3) is 0.455. The van der Waals surface area contributed by atoms with Crippen LogP contribution in [0.5, 0.6) is 0 Å². The molecular weight excluding hydrogens is 407 g/mol. The molecule has 0 fully saturated rings. The van der Waals surface area contributed by atoms with E-state index in [0.717, 1.165) is 4.52 Å². The van der Waals surface area contributed by atoms with Crippen molar-refractivity contribution in [2.24, 2.45) is 5.92 Å². The molecule has 0 saturated heterocycles. The quantitative estimate of drug-likeness (QED) is 0.605. The number of alkyl halides is 3. The Morgan fingerprint density at radius 1 is 1.13 bits per heavy atom. The minimum atomic E-state index is -4.64. The molecule has 0 saturated carbocycles. The predicted molar refractivity (Wildman–Crippen MR) is 111 cm³/mol. The van der Waals surface area contributed by atoms with Gasteiger partial charge in [-0.3, -0.25) is 4.79 Å². The van der Waals surface area contributed by atoms with Crippen LogP contribution in [0.1, 0.15) is 54.5 Å². The Hall–Kier alpha value is -2.97. The third-order valence-electron chi connectivity index (χ3n) is 5.46. The number of hydrogen-bond acceptors (Lipinski definition) is 4. The molecule has 2 aromatic heterocycles. The van der Waals surface area contributed by atoms with E-state index in [4.69, 9.17) is 0 Å². The van der Waals surface area contributed by atoms with Gasteiger partial charge in [-0.2, -0.15) is 18.2 Å². The van der Waals surface area contributed by atoms with E-state index in [1.54, 1.807) is 13.8 Å². The summed E-state index contributed by atoms with van der Waals surface area (Å²) in [5.74, 6) is -0.886. The zero-order valence-corrected chi connectivity index (χ0v) is 18.0. The lowest BCUT2D eigenvalue weighted by Crippen LogP contribution is -2.30. The number of nitrogens with one attached hydrogen (secondary N) is 1. The van der Waals surface area contributed by atoms with Gasteiger partial charge in [-0.1, -0.05) is 44.2 Å². The van der Waals surface area contributed by atoms with E-state index < -0.39 is 12.0 Å². The van der Waals surface area contributed by atoms with E-state index in [1.807, 2.05) is 18.2 Å². The molecule has 0 aliphatic carbocycles. The van der Waals surface area contributed by atoms with E-state index in [-0.39, 0.29) is 24.0 Å². The molecular formula is C22H26F3N5O. The Labute approximate surface area is 178 Å². The van der Waals surface area contributed by atoms with Crippen molar-refractivity contribution in [1.82, 2.24) is 24.9 Å². The molecule has 1 unspecified atom stereocenters. The van der Waals surface area contributed by atoms with Crippen molar-refractivity contribution in [3.63, 3.8) is 0 Å². The SMILES string of the molecule is Cc1nc2nc(C(F)(F)F)nn2c(C)c1CCC(=O)NCC(c1ccccc1)C(C)C. The fourth-order valence-corrected chi connectivity index (χ4v) is 3.68. The highest BCUT2D eigenvalue weighted by Gasteiger charge is 2.37. The van der Waals surface area contributed by atoms with E-state index >= 15 is 0 Å². The molecule has 6 nitrogen and oxygen atoms in total. The summed E-state index contributed by atoms with van der Waals surface area (Å²) in [6, 6.07) is 10.0. The van der Waals surface area contributed by atoms with E-state index in [1.165, 1.54) is 5.56 Å². The highest BCUT2D eigenvalue weighted by Crippen LogP contribution is 2.27. The number of carbonyl (C=O) groups excluding carboxylic acids is 1. The van der Waals surface area contributed by atoms with Gasteiger partial charge in [-0.25, -0.2) is 9.50 Å². The highest BCUT2D eigenvalue weighted by atomic mass is 19.4. The number of rotatable bonds is 7. The summed E-state index contributed by atoms with van der Waals surface area (Å²) in [7, 11) is 0. The van der Waals surface area contributed by atoms with Crippen LogP contribution in [0.3, 0.4) is 0 Å². The first kappa shape index (κ1) is 22.7. The number of carbonyl (C=O) groups is 1. The molecule has 1 atom stereocenters. The maximum absolute atomic E-state index is 12.9. The molecule has 0 aliphatic heterocycles. The molecule has 0 radical (unpaired) electrons. The molecule has 0 bridgehead atoms. The molecule has 31 heavy (non-hydrogen) atoms. The van der Waals surface area contributed by atoms with Crippen LogP contribution in [-0.4, -0.2) is 32.0 Å². The van der Waals surface area contributed by atoms with Gasteiger partial charge in [-0.05, 0) is 37.3 Å². The first-order valence-electron chi connectivity index (χ1n) is 10.2. The molecule has 9 heteroatoms. The Morgan fingerprint density at radius 3 is 2.42 bits per heavy atom. The van der Waals surface area contributed by atoms with Crippen molar-refractivity contribution >= 4 is 11.7 Å². The second kappa shape index (κ2) is 9.03. The third kappa shape index (κ3) is 5.21. The summed E-state index contributed by atoms with van der Waals surface area (Å²) in [4.78, 5) is 20.1. The number of aromatic nitrogens is 4. The van der Waals surface area contributed by atoms with Crippen molar-refractivity contribution in [3.8, 4) is 0 Å². The Morgan fingerprint density at radius 2 is 1.81 bits per heavy atom. The first-order valence-corrected chi connectivity index (χ1v) is 10.2. The second-order valence-electron chi connectivity index (χ2n) is 7.97. The lowest BCUT2D eigenvalue weighted by molar-refractivity contribution is -0.144. The Kier molecular flexibility index (Phi) is 6.62. The lowest BCUT2D eigenvalue weighted by atomic mass is 9.88. The summed E-state index contributed by atoms with van der Waals surface area (Å²) in [6.07, 6.45) is -4.08. The van der Waals surface area contributed by atoms with Crippen molar-refractivity contribution in [2.75, 3.05) is 6.54 Å². The maximum atomic E-state index is 12.9. The van der Waals surface area contributed by atoms with Crippen molar-refractivity contribution in [3.05, 3.63) is 58.7 Å². The molecule has 2 heterocycles. The van der Waals surface area contributed by atoms with Gasteiger partial charge in [0.05, 0.1) is 0 Å². The average molecular weight is 433 g/mol. The molecule has 1 N–H and O–H groups in total. The molecule has 3 aromatic rings. The summed E-state index contributed by atoms with van der Waals surface area (Å²) >= 11 is 0. The van der Waals surface area contributed by atoms with E-state index in [2.05, 4.69) is 46.4 Å². The average Bonchev–Trinajstić information content (AvgIpc) is 3.13. The summed E-state index contributed by atoms with van der Waals surface area (Å²) in [5, 5.41) is 6.53. The normalized spacial score (nSPS) is 13.0. The monoisotopic (exact) mass is 433 g/mol. The zero-order valence-electron chi connectivity index (χ0n) is 18.0. The molecule has 1 amide bonds. The molecule has 3 rings (SSSR count). The van der Waals surface area contributed by atoms with E-state index in [0.29, 0.717) is 35.8 Å². The Balaban J connectivity index is 1.68. The van der Waals surface area contributed by atoms with E-state index in [9.17, 15) is 18.0 Å². The van der Waals surface area contributed by atoms with Crippen LogP contribution < -0.4 is 5.32 Å². The topological polar surface area (TPSA) is 72.2 Å². The smallest absolute Gasteiger partial charge is 0.355 e. The first-order chi connectivity index (χ1) is 14.6. The largest absolute Gasteiger partial charge is 0.453 e. The van der Waals surface area contributed by atoms with Gasteiger partial charge >= 0.3 is 6.18 Å². The van der Waals surface area contributed by atoms with Gasteiger partial charge in [0.2, 0.25) is 5.91 Å². The number of hydrogen-bond donors (Lipinski definition) is 1. The van der Waals surface area contributed by atoms with Gasteiger partial charge in [-0.15, -0.1) is 5.10 Å². The van der Waals surface area contributed by atoms with Crippen LogP contribution in [0.25, 0.3) is 5.78 Å². The minimum Gasteiger partial charge on any atom is -0.355 e. The van der Waals surface area contributed by atoms with Gasteiger partial charge in [0.15, 0.2) is 0 Å². The number of benzene rings is 1. The van der Waals surface area contributed by atoms with Gasteiger partial charge in [0.1, 0.15) is 0 Å². The standard InChI is InChI=1S/C22H26F3N5O/c1-13(2)18(16-8-6-5-7-9-16)12-26-19(31)11-10-17-14(3)27-21-28-20(22(23,24)25)29-30(21)15(17)4/h5-9,13,18H,10-12H2,1-4H3,(H,26,31). The lowest BCUT2D eigenvalue weighted by Gasteiger charge is -2.22. The highest BCUT2D eigenvalue weighted by molar-refractivity contribution is 5.76. The van der Waals surface area contributed by atoms with Crippen molar-refractivity contribution in [2.45, 2.75) is 52.6 Å². The van der Waals surface area contributed by atoms with Gasteiger partial charge < -0.3 is 5.32 Å². The van der Waals surface area contributed by atoms with Crippen LogP contribution in [-0.2, 0) is 17.4 Å². The van der Waals surface area contributed by atoms with Crippen LogP contribution in [0.2, 0.25) is 0 Å². The number of nitrogens with zero attached hydrogens (tertiary/aromatic N) is 4. The van der Waals surface area contributed by atoms with Crippen LogP contribution >= 0.6 is 0 Å². The number of halogens is 3. The third-order valence-corrected chi connectivity index (χ3v) is 5.46. The van der Waals surface area contributed by atoms with Gasteiger partial charge in [0.25, 0.3) is 11.6 Å². The van der Waals surface area contributed by atoms with Crippen LogP contribution in [0, 0.1) is 19.8 Å². The summed E-state index contributed by atoms with van der Waals surface area (Å²) in [6.45, 7) is 8.11. The zero-order chi connectivity index (χ0) is 22.8. The maximum Gasteiger partial charge on any atom is 0.453 e. The second-order valence-corrected chi connectivity index (χ2v) is 7.97. The fourth-order valence-electron chi connectivity index (χ4n) is 3.68.